The van der Waals surface area contributed by atoms with Crippen molar-refractivity contribution in [2.45, 2.75) is 13.8 Å². The van der Waals surface area contributed by atoms with Gasteiger partial charge in [0.25, 0.3) is 5.91 Å². The molecule has 0 aliphatic carbocycles. The highest BCUT2D eigenvalue weighted by Crippen LogP contribution is 2.16. The lowest BCUT2D eigenvalue weighted by atomic mass is 10.1. The zero-order valence-electron chi connectivity index (χ0n) is 16.5. The summed E-state index contributed by atoms with van der Waals surface area (Å²) in [5.74, 6) is 6.16. The van der Waals surface area contributed by atoms with Crippen LogP contribution >= 0.6 is 0 Å². The minimum atomic E-state index is -0.171. The Labute approximate surface area is 170 Å². The molecule has 29 heavy (non-hydrogen) atoms. The zero-order chi connectivity index (χ0) is 20.5. The first kappa shape index (κ1) is 19.8. The Morgan fingerprint density at radius 3 is 2.72 bits per heavy atom. The summed E-state index contributed by atoms with van der Waals surface area (Å²) in [6.07, 6.45) is 7.11. The van der Waals surface area contributed by atoms with Gasteiger partial charge in [-0.15, -0.1) is 0 Å². The van der Waals surface area contributed by atoms with Crippen LogP contribution in [0, 0.1) is 11.8 Å². The van der Waals surface area contributed by atoms with Crippen LogP contribution in [-0.2, 0) is 0 Å². The number of hydrogen-bond donors (Lipinski definition) is 1. The summed E-state index contributed by atoms with van der Waals surface area (Å²) >= 11 is 0. The molecular formula is C24H22N4O. The third kappa shape index (κ3) is 5.53. The standard InChI is InChI=1S/C24H22N4O/c1-3-14-25-19(2)18-26-24(29)22-12-13-23(28-16-7-15-27-28)21(17-22)11-10-20-8-5-4-6-9-20/h3-9,12-17H,18H2,1-2H3,(H,26,29)/b14-3-,25-19?. The summed E-state index contributed by atoms with van der Waals surface area (Å²) in [5, 5.41) is 7.18. The molecule has 5 heteroatoms. The SMILES string of the molecule is C/C=C\N=C(C)CNC(=O)c1ccc(-n2cccn2)c(C#Cc2ccccc2)c1. The number of carbonyl (C=O) groups excluding carboxylic acids is 1. The predicted octanol–water partition coefficient (Wildman–Crippen LogP) is 4.00. The molecule has 0 aliphatic heterocycles. The quantitative estimate of drug-likeness (QED) is 0.536. The highest BCUT2D eigenvalue weighted by Gasteiger charge is 2.10. The maximum atomic E-state index is 12.6. The molecule has 3 aromatic rings. The normalized spacial score (nSPS) is 11.2. The van der Waals surface area contributed by atoms with Crippen LogP contribution in [0.2, 0.25) is 0 Å². The van der Waals surface area contributed by atoms with Crippen LogP contribution in [0.1, 0.15) is 35.3 Å². The van der Waals surface area contributed by atoms with Crippen molar-refractivity contribution in [3.8, 4) is 17.5 Å². The molecule has 3 rings (SSSR count). The van der Waals surface area contributed by atoms with Crippen LogP contribution in [0.25, 0.3) is 5.69 Å². The third-order valence-corrected chi connectivity index (χ3v) is 4.07. The number of aliphatic imine (C=N–C) groups is 1. The first-order valence-electron chi connectivity index (χ1n) is 9.31. The van der Waals surface area contributed by atoms with E-state index in [-0.39, 0.29) is 5.91 Å². The fourth-order valence-corrected chi connectivity index (χ4v) is 2.61. The van der Waals surface area contributed by atoms with Crippen LogP contribution in [0.5, 0.6) is 0 Å². The van der Waals surface area contributed by atoms with Crippen molar-refractivity contribution in [2.75, 3.05) is 6.54 Å². The summed E-state index contributed by atoms with van der Waals surface area (Å²) in [7, 11) is 0. The second kappa shape index (κ2) is 9.86. The van der Waals surface area contributed by atoms with Crippen LogP contribution in [0.3, 0.4) is 0 Å². The van der Waals surface area contributed by atoms with Crippen molar-refractivity contribution < 1.29 is 4.79 Å². The van der Waals surface area contributed by atoms with E-state index in [0.29, 0.717) is 12.1 Å². The number of carbonyl (C=O) groups is 1. The first-order valence-corrected chi connectivity index (χ1v) is 9.31. The summed E-state index contributed by atoms with van der Waals surface area (Å²) < 4.78 is 1.74. The van der Waals surface area contributed by atoms with E-state index in [4.69, 9.17) is 0 Å². The highest BCUT2D eigenvalue weighted by atomic mass is 16.1. The molecule has 144 valence electrons. The van der Waals surface area contributed by atoms with E-state index in [1.54, 1.807) is 29.2 Å². The Morgan fingerprint density at radius 1 is 1.17 bits per heavy atom. The Hall–Kier alpha value is -3.91. The minimum absolute atomic E-state index is 0.171. The largest absolute Gasteiger partial charge is 0.347 e. The van der Waals surface area contributed by atoms with Gasteiger partial charge in [0.15, 0.2) is 0 Å². The summed E-state index contributed by atoms with van der Waals surface area (Å²) in [4.78, 5) is 16.8. The molecule has 0 atom stereocenters. The van der Waals surface area contributed by atoms with Crippen LogP contribution in [-0.4, -0.2) is 27.9 Å². The molecule has 0 bridgehead atoms. The molecule has 0 saturated carbocycles. The Kier molecular flexibility index (Phi) is 6.75. The molecule has 1 N–H and O–H groups in total. The molecule has 2 aromatic carbocycles. The van der Waals surface area contributed by atoms with E-state index in [1.165, 1.54) is 0 Å². The van der Waals surface area contributed by atoms with Crippen molar-refractivity contribution in [1.82, 2.24) is 15.1 Å². The van der Waals surface area contributed by atoms with E-state index in [0.717, 1.165) is 22.5 Å². The molecule has 0 fully saturated rings. The average Bonchev–Trinajstić information content (AvgIpc) is 3.29. The van der Waals surface area contributed by atoms with Gasteiger partial charge in [-0.05, 0) is 50.2 Å². The summed E-state index contributed by atoms with van der Waals surface area (Å²) in [6.45, 7) is 4.15. The Morgan fingerprint density at radius 2 is 2.00 bits per heavy atom. The van der Waals surface area contributed by atoms with Gasteiger partial charge < -0.3 is 5.32 Å². The second-order valence-corrected chi connectivity index (χ2v) is 6.33. The van der Waals surface area contributed by atoms with Gasteiger partial charge in [-0.25, -0.2) is 4.68 Å². The lowest BCUT2D eigenvalue weighted by molar-refractivity contribution is 0.0959. The maximum absolute atomic E-state index is 12.6. The summed E-state index contributed by atoms with van der Waals surface area (Å²) in [5.41, 5.74) is 3.82. The number of allylic oxidation sites excluding steroid dienone is 1. The van der Waals surface area contributed by atoms with Gasteiger partial charge in [-0.2, -0.15) is 5.10 Å². The van der Waals surface area contributed by atoms with Crippen LogP contribution < -0.4 is 5.32 Å². The lowest BCUT2D eigenvalue weighted by Gasteiger charge is -2.09. The Bertz CT molecular complexity index is 1080. The van der Waals surface area contributed by atoms with Crippen LogP contribution in [0.4, 0.5) is 0 Å². The zero-order valence-corrected chi connectivity index (χ0v) is 16.5. The minimum Gasteiger partial charge on any atom is -0.347 e. The van der Waals surface area contributed by atoms with Crippen molar-refractivity contribution in [2.24, 2.45) is 4.99 Å². The molecule has 5 nitrogen and oxygen atoms in total. The van der Waals surface area contributed by atoms with E-state index in [9.17, 15) is 4.79 Å². The first-order chi connectivity index (χ1) is 14.2. The smallest absolute Gasteiger partial charge is 0.251 e. The van der Waals surface area contributed by atoms with E-state index >= 15 is 0 Å². The number of nitrogens with one attached hydrogen (secondary N) is 1. The number of hydrogen-bond acceptors (Lipinski definition) is 3. The fourth-order valence-electron chi connectivity index (χ4n) is 2.61. The molecule has 1 amide bonds. The van der Waals surface area contributed by atoms with Gasteiger partial charge in [0.05, 0.1) is 17.8 Å². The van der Waals surface area contributed by atoms with Crippen molar-refractivity contribution >= 4 is 11.6 Å². The number of aromatic nitrogens is 2. The summed E-state index contributed by atoms with van der Waals surface area (Å²) in [6, 6.07) is 17.0. The molecule has 0 spiro atoms. The number of benzene rings is 2. The molecule has 0 aliphatic rings. The van der Waals surface area contributed by atoms with E-state index < -0.39 is 0 Å². The highest BCUT2D eigenvalue weighted by molar-refractivity contribution is 5.98. The predicted molar refractivity (Wildman–Crippen MR) is 116 cm³/mol. The van der Waals surface area contributed by atoms with Gasteiger partial charge in [0.1, 0.15) is 0 Å². The van der Waals surface area contributed by atoms with Crippen molar-refractivity contribution in [3.63, 3.8) is 0 Å². The van der Waals surface area contributed by atoms with E-state index in [2.05, 4.69) is 27.2 Å². The molecular weight excluding hydrogens is 360 g/mol. The lowest BCUT2D eigenvalue weighted by Crippen LogP contribution is -2.28. The molecule has 1 heterocycles. The van der Waals surface area contributed by atoms with Gasteiger partial charge in [0.2, 0.25) is 0 Å². The topological polar surface area (TPSA) is 59.3 Å². The van der Waals surface area contributed by atoms with Crippen molar-refractivity contribution in [3.05, 3.63) is 96.0 Å². The Balaban J connectivity index is 1.88. The molecule has 0 unspecified atom stereocenters. The van der Waals surface area contributed by atoms with E-state index in [1.807, 2.05) is 68.6 Å². The van der Waals surface area contributed by atoms with Gasteiger partial charge in [0, 0.05) is 35.4 Å². The van der Waals surface area contributed by atoms with Gasteiger partial charge in [-0.3, -0.25) is 9.79 Å². The van der Waals surface area contributed by atoms with Gasteiger partial charge in [-0.1, -0.05) is 36.1 Å². The molecule has 0 radical (unpaired) electrons. The number of amides is 1. The average molecular weight is 382 g/mol. The third-order valence-electron chi connectivity index (χ3n) is 4.07. The number of nitrogens with zero attached hydrogens (tertiary/aromatic N) is 3. The fraction of sp³-hybridized carbons (Fsp3) is 0.125. The number of rotatable bonds is 5. The molecule has 0 saturated heterocycles. The second-order valence-electron chi connectivity index (χ2n) is 6.33. The van der Waals surface area contributed by atoms with Gasteiger partial charge >= 0.3 is 0 Å². The van der Waals surface area contributed by atoms with Crippen LogP contribution in [0.15, 0.2) is 84.3 Å². The maximum Gasteiger partial charge on any atom is 0.251 e. The molecule has 1 aromatic heterocycles. The van der Waals surface area contributed by atoms with Crippen molar-refractivity contribution in [1.29, 1.82) is 0 Å². The monoisotopic (exact) mass is 382 g/mol.